The molecule has 0 unspecified atom stereocenters. The van der Waals surface area contributed by atoms with Crippen LogP contribution in [0.1, 0.15) is 52.2 Å². The minimum atomic E-state index is 0.131. The lowest BCUT2D eigenvalue weighted by Gasteiger charge is -2.30. The number of benzene rings is 1. The van der Waals surface area contributed by atoms with Crippen molar-refractivity contribution in [2.24, 2.45) is 5.41 Å². The molecule has 0 atom stereocenters. The van der Waals surface area contributed by atoms with Gasteiger partial charge in [0.25, 0.3) is 0 Å². The maximum absolute atomic E-state index is 6.02. The Kier molecular flexibility index (Phi) is 4.43. The standard InChI is InChI=1S/C18H29NO/c1-17(2,3)19-12-18(4,5)13-20-16-10-9-14-7-6-8-15(14)11-16/h9-11,19H,6-8,12-13H2,1-5H3. The van der Waals surface area contributed by atoms with Crippen molar-refractivity contribution in [3.8, 4) is 5.75 Å². The first-order chi connectivity index (χ1) is 9.25. The lowest BCUT2D eigenvalue weighted by atomic mass is 9.93. The zero-order valence-corrected chi connectivity index (χ0v) is 13.7. The van der Waals surface area contributed by atoms with Crippen LogP contribution in [0.2, 0.25) is 0 Å². The second-order valence-corrected chi connectivity index (χ2v) is 7.84. The highest BCUT2D eigenvalue weighted by atomic mass is 16.5. The number of ether oxygens (including phenoxy) is 1. The summed E-state index contributed by atoms with van der Waals surface area (Å²) in [5.74, 6) is 1.02. The molecule has 2 nitrogen and oxygen atoms in total. The smallest absolute Gasteiger partial charge is 0.119 e. The van der Waals surface area contributed by atoms with Gasteiger partial charge in [0, 0.05) is 17.5 Å². The average molecular weight is 275 g/mol. The van der Waals surface area contributed by atoms with Crippen molar-refractivity contribution in [3.05, 3.63) is 29.3 Å². The summed E-state index contributed by atoms with van der Waals surface area (Å²) < 4.78 is 6.02. The number of hydrogen-bond donors (Lipinski definition) is 1. The van der Waals surface area contributed by atoms with E-state index in [1.165, 1.54) is 30.4 Å². The second-order valence-electron chi connectivity index (χ2n) is 7.84. The monoisotopic (exact) mass is 275 g/mol. The predicted octanol–water partition coefficient (Wildman–Crippen LogP) is 3.97. The van der Waals surface area contributed by atoms with Crippen LogP contribution in [-0.4, -0.2) is 18.7 Å². The van der Waals surface area contributed by atoms with Crippen molar-refractivity contribution in [1.29, 1.82) is 0 Å². The SMILES string of the molecule is CC(C)(CNC(C)(C)C)COc1ccc2c(c1)CCC2. The van der Waals surface area contributed by atoms with Crippen molar-refractivity contribution < 1.29 is 4.74 Å². The van der Waals surface area contributed by atoms with Gasteiger partial charge < -0.3 is 10.1 Å². The van der Waals surface area contributed by atoms with E-state index in [2.05, 4.69) is 58.1 Å². The van der Waals surface area contributed by atoms with Crippen LogP contribution in [0.15, 0.2) is 18.2 Å². The molecule has 0 aliphatic heterocycles. The number of hydrogen-bond acceptors (Lipinski definition) is 2. The van der Waals surface area contributed by atoms with Crippen LogP contribution >= 0.6 is 0 Å². The van der Waals surface area contributed by atoms with E-state index in [-0.39, 0.29) is 11.0 Å². The van der Waals surface area contributed by atoms with E-state index in [0.717, 1.165) is 18.9 Å². The summed E-state index contributed by atoms with van der Waals surface area (Å²) in [5.41, 5.74) is 3.27. The molecular formula is C18H29NO. The predicted molar refractivity (Wildman–Crippen MR) is 85.5 cm³/mol. The van der Waals surface area contributed by atoms with Gasteiger partial charge in [0.05, 0.1) is 6.61 Å². The Morgan fingerprint density at radius 2 is 1.75 bits per heavy atom. The van der Waals surface area contributed by atoms with E-state index in [4.69, 9.17) is 4.74 Å². The molecule has 0 amide bonds. The Morgan fingerprint density at radius 1 is 1.05 bits per heavy atom. The van der Waals surface area contributed by atoms with Crippen LogP contribution in [0.3, 0.4) is 0 Å². The highest BCUT2D eigenvalue weighted by Gasteiger charge is 2.22. The van der Waals surface area contributed by atoms with Gasteiger partial charge in [-0.1, -0.05) is 19.9 Å². The summed E-state index contributed by atoms with van der Waals surface area (Å²) in [6.07, 6.45) is 3.73. The molecule has 0 bridgehead atoms. The number of fused-ring (bicyclic) bond motifs is 1. The van der Waals surface area contributed by atoms with Crippen LogP contribution in [0, 0.1) is 5.41 Å². The zero-order valence-electron chi connectivity index (χ0n) is 13.7. The van der Waals surface area contributed by atoms with Crippen molar-refractivity contribution in [1.82, 2.24) is 5.32 Å². The topological polar surface area (TPSA) is 21.3 Å². The Bertz CT molecular complexity index is 457. The fourth-order valence-corrected chi connectivity index (χ4v) is 2.47. The first-order valence-corrected chi connectivity index (χ1v) is 7.75. The van der Waals surface area contributed by atoms with Gasteiger partial charge in [0.1, 0.15) is 5.75 Å². The molecule has 1 aliphatic rings. The molecule has 1 N–H and O–H groups in total. The van der Waals surface area contributed by atoms with Crippen molar-refractivity contribution >= 4 is 0 Å². The first kappa shape index (κ1) is 15.4. The van der Waals surface area contributed by atoms with Crippen LogP contribution in [0.5, 0.6) is 5.75 Å². The molecule has 1 aliphatic carbocycles. The van der Waals surface area contributed by atoms with E-state index >= 15 is 0 Å². The van der Waals surface area contributed by atoms with Crippen LogP contribution in [0.4, 0.5) is 0 Å². The third kappa shape index (κ3) is 4.52. The van der Waals surface area contributed by atoms with Gasteiger partial charge >= 0.3 is 0 Å². The summed E-state index contributed by atoms with van der Waals surface area (Å²) in [6, 6.07) is 6.59. The fourth-order valence-electron chi connectivity index (χ4n) is 2.47. The number of aryl methyl sites for hydroxylation is 2. The van der Waals surface area contributed by atoms with E-state index in [1.54, 1.807) is 0 Å². The van der Waals surface area contributed by atoms with Gasteiger partial charge in [-0.15, -0.1) is 0 Å². The van der Waals surface area contributed by atoms with Crippen LogP contribution < -0.4 is 10.1 Å². The number of rotatable bonds is 5. The van der Waals surface area contributed by atoms with Gasteiger partial charge in [-0.05, 0) is 63.3 Å². The molecule has 1 aromatic carbocycles. The van der Waals surface area contributed by atoms with Gasteiger partial charge in [0.15, 0.2) is 0 Å². The lowest BCUT2D eigenvalue weighted by molar-refractivity contribution is 0.165. The molecule has 20 heavy (non-hydrogen) atoms. The zero-order chi connectivity index (χ0) is 14.8. The van der Waals surface area contributed by atoms with Crippen molar-refractivity contribution in [2.45, 2.75) is 59.4 Å². The molecule has 0 aromatic heterocycles. The molecule has 1 aromatic rings. The lowest BCUT2D eigenvalue weighted by Crippen LogP contribution is -2.43. The van der Waals surface area contributed by atoms with Gasteiger partial charge in [0.2, 0.25) is 0 Å². The van der Waals surface area contributed by atoms with E-state index in [1.807, 2.05) is 0 Å². The summed E-state index contributed by atoms with van der Waals surface area (Å²) in [7, 11) is 0. The highest BCUT2D eigenvalue weighted by molar-refractivity contribution is 5.38. The first-order valence-electron chi connectivity index (χ1n) is 7.75. The molecule has 0 spiro atoms. The Balaban J connectivity index is 1.87. The van der Waals surface area contributed by atoms with Gasteiger partial charge in [-0.25, -0.2) is 0 Å². The van der Waals surface area contributed by atoms with E-state index in [9.17, 15) is 0 Å². The van der Waals surface area contributed by atoms with Crippen LogP contribution in [-0.2, 0) is 12.8 Å². The maximum Gasteiger partial charge on any atom is 0.119 e. The average Bonchev–Trinajstić information content (AvgIpc) is 2.81. The highest BCUT2D eigenvalue weighted by Crippen LogP contribution is 2.27. The van der Waals surface area contributed by atoms with Crippen LogP contribution in [0.25, 0.3) is 0 Å². The minimum Gasteiger partial charge on any atom is -0.493 e. The van der Waals surface area contributed by atoms with E-state index in [0.29, 0.717) is 0 Å². The molecular weight excluding hydrogens is 246 g/mol. The quantitative estimate of drug-likeness (QED) is 0.878. The summed E-state index contributed by atoms with van der Waals surface area (Å²) in [6.45, 7) is 12.8. The van der Waals surface area contributed by atoms with Crippen molar-refractivity contribution in [3.63, 3.8) is 0 Å². The third-order valence-electron chi connectivity index (χ3n) is 3.80. The largest absolute Gasteiger partial charge is 0.493 e. The summed E-state index contributed by atoms with van der Waals surface area (Å²) in [4.78, 5) is 0. The molecule has 0 heterocycles. The summed E-state index contributed by atoms with van der Waals surface area (Å²) in [5, 5.41) is 3.56. The molecule has 0 radical (unpaired) electrons. The van der Waals surface area contributed by atoms with Gasteiger partial charge in [-0.2, -0.15) is 0 Å². The minimum absolute atomic E-state index is 0.131. The Hall–Kier alpha value is -1.02. The summed E-state index contributed by atoms with van der Waals surface area (Å²) >= 11 is 0. The Morgan fingerprint density at radius 3 is 2.45 bits per heavy atom. The molecule has 0 saturated carbocycles. The molecule has 112 valence electrons. The molecule has 2 heteroatoms. The van der Waals surface area contributed by atoms with E-state index < -0.39 is 0 Å². The third-order valence-corrected chi connectivity index (χ3v) is 3.80. The van der Waals surface area contributed by atoms with Crippen molar-refractivity contribution in [2.75, 3.05) is 13.2 Å². The molecule has 0 fully saturated rings. The second kappa shape index (κ2) is 5.77. The van der Waals surface area contributed by atoms with Gasteiger partial charge in [-0.3, -0.25) is 0 Å². The maximum atomic E-state index is 6.02. The molecule has 2 rings (SSSR count). The number of nitrogens with one attached hydrogen (secondary N) is 1. The normalized spacial score (nSPS) is 15.2. The fraction of sp³-hybridized carbons (Fsp3) is 0.667. The Labute approximate surface area is 123 Å². The molecule has 0 saturated heterocycles.